The van der Waals surface area contributed by atoms with Gasteiger partial charge in [-0.05, 0) is 55.5 Å². The van der Waals surface area contributed by atoms with E-state index < -0.39 is 0 Å². The van der Waals surface area contributed by atoms with Crippen molar-refractivity contribution in [3.8, 4) is 11.5 Å². The van der Waals surface area contributed by atoms with Gasteiger partial charge in [0.05, 0.1) is 7.11 Å². The predicted molar refractivity (Wildman–Crippen MR) is 128 cm³/mol. The number of nitrogens with zero attached hydrogens (tertiary/aromatic N) is 2. The number of carbonyl (C=O) groups excluding carboxylic acids is 1. The molecule has 1 fully saturated rings. The normalized spacial score (nSPS) is 13.7. The van der Waals surface area contributed by atoms with Gasteiger partial charge >= 0.3 is 0 Å². The van der Waals surface area contributed by atoms with Gasteiger partial charge in [0.2, 0.25) is 0 Å². The fourth-order valence-corrected chi connectivity index (χ4v) is 4.03. The van der Waals surface area contributed by atoms with Crippen LogP contribution >= 0.6 is 11.6 Å². The third-order valence-electron chi connectivity index (χ3n) is 5.68. The number of rotatable bonds is 6. The van der Waals surface area contributed by atoms with Crippen LogP contribution in [0.4, 0.5) is 5.69 Å². The predicted octanol–water partition coefficient (Wildman–Crippen LogP) is 5.20. The SMILES string of the molecule is COc1ccc(C(=O)N2CCN(c3cccc(Cl)c3)CC2)cc1COc1ccc(C)cc1. The number of carbonyl (C=O) groups is 1. The summed E-state index contributed by atoms with van der Waals surface area (Å²) in [5.41, 5.74) is 3.75. The largest absolute Gasteiger partial charge is 0.496 e. The number of benzene rings is 3. The zero-order chi connectivity index (χ0) is 22.5. The zero-order valence-electron chi connectivity index (χ0n) is 18.4. The molecule has 1 saturated heterocycles. The zero-order valence-corrected chi connectivity index (χ0v) is 19.1. The average Bonchev–Trinajstić information content (AvgIpc) is 2.83. The Morgan fingerprint density at radius 3 is 2.41 bits per heavy atom. The van der Waals surface area contributed by atoms with Crippen molar-refractivity contribution in [2.75, 3.05) is 38.2 Å². The molecule has 0 bridgehead atoms. The molecule has 1 amide bonds. The minimum atomic E-state index is 0.0231. The third-order valence-corrected chi connectivity index (χ3v) is 5.92. The summed E-state index contributed by atoms with van der Waals surface area (Å²) in [5, 5.41) is 0.722. The molecule has 1 aliphatic rings. The van der Waals surface area contributed by atoms with Gasteiger partial charge in [-0.25, -0.2) is 0 Å². The minimum Gasteiger partial charge on any atom is -0.496 e. The van der Waals surface area contributed by atoms with E-state index in [1.54, 1.807) is 7.11 Å². The van der Waals surface area contributed by atoms with Crippen LogP contribution in [0, 0.1) is 6.92 Å². The van der Waals surface area contributed by atoms with Crippen LogP contribution in [0.5, 0.6) is 11.5 Å². The van der Waals surface area contributed by atoms with E-state index in [1.165, 1.54) is 5.56 Å². The van der Waals surface area contributed by atoms with Gasteiger partial charge in [0.1, 0.15) is 18.1 Å². The molecule has 0 spiro atoms. The standard InChI is InChI=1S/C26H27ClN2O3/c1-19-6-9-24(10-7-19)32-18-21-16-20(8-11-25(21)31-2)26(30)29-14-12-28(13-15-29)23-5-3-4-22(27)17-23/h3-11,16-17H,12-15,18H2,1-2H3. The van der Waals surface area contributed by atoms with Gasteiger partial charge in [-0.3, -0.25) is 4.79 Å². The van der Waals surface area contributed by atoms with Crippen molar-refractivity contribution >= 4 is 23.2 Å². The molecule has 0 N–H and O–H groups in total. The number of hydrogen-bond acceptors (Lipinski definition) is 4. The fourth-order valence-electron chi connectivity index (χ4n) is 3.84. The number of hydrogen-bond donors (Lipinski definition) is 0. The van der Waals surface area contributed by atoms with E-state index in [9.17, 15) is 4.79 Å². The molecule has 6 heteroatoms. The molecule has 166 valence electrons. The first-order valence-corrected chi connectivity index (χ1v) is 11.1. The van der Waals surface area contributed by atoms with Crippen molar-refractivity contribution in [3.05, 3.63) is 88.4 Å². The number of amides is 1. The van der Waals surface area contributed by atoms with Crippen LogP contribution in [0.25, 0.3) is 0 Å². The van der Waals surface area contributed by atoms with Crippen LogP contribution in [0.15, 0.2) is 66.7 Å². The van der Waals surface area contributed by atoms with Crippen molar-refractivity contribution in [2.45, 2.75) is 13.5 Å². The van der Waals surface area contributed by atoms with Crippen LogP contribution in [0.1, 0.15) is 21.5 Å². The highest BCUT2D eigenvalue weighted by Gasteiger charge is 2.23. The molecule has 0 aliphatic carbocycles. The summed E-state index contributed by atoms with van der Waals surface area (Å²) in [6, 6.07) is 21.3. The summed E-state index contributed by atoms with van der Waals surface area (Å²) in [5.74, 6) is 1.51. The lowest BCUT2D eigenvalue weighted by Crippen LogP contribution is -2.48. The smallest absolute Gasteiger partial charge is 0.253 e. The Bertz CT molecular complexity index is 1080. The lowest BCUT2D eigenvalue weighted by molar-refractivity contribution is 0.0746. The highest BCUT2D eigenvalue weighted by atomic mass is 35.5. The van der Waals surface area contributed by atoms with Crippen molar-refractivity contribution in [1.29, 1.82) is 0 Å². The molecule has 0 unspecified atom stereocenters. The molecule has 0 saturated carbocycles. The number of piperazine rings is 1. The topological polar surface area (TPSA) is 42.0 Å². The quantitative estimate of drug-likeness (QED) is 0.517. The van der Waals surface area contributed by atoms with Gasteiger partial charge < -0.3 is 19.3 Å². The Hall–Kier alpha value is -3.18. The van der Waals surface area contributed by atoms with Gasteiger partial charge in [-0.2, -0.15) is 0 Å². The Kier molecular flexibility index (Phi) is 6.86. The van der Waals surface area contributed by atoms with Gasteiger partial charge in [-0.1, -0.05) is 35.4 Å². The average molecular weight is 451 g/mol. The monoisotopic (exact) mass is 450 g/mol. The Balaban J connectivity index is 1.42. The number of methoxy groups -OCH3 is 1. The lowest BCUT2D eigenvalue weighted by Gasteiger charge is -2.36. The van der Waals surface area contributed by atoms with E-state index in [4.69, 9.17) is 21.1 Å². The van der Waals surface area contributed by atoms with Gasteiger partial charge in [0.25, 0.3) is 5.91 Å². The molecule has 1 heterocycles. The number of halogens is 1. The van der Waals surface area contributed by atoms with E-state index >= 15 is 0 Å². The minimum absolute atomic E-state index is 0.0231. The van der Waals surface area contributed by atoms with Crippen LogP contribution in [-0.2, 0) is 6.61 Å². The van der Waals surface area contributed by atoms with Crippen molar-refractivity contribution in [1.82, 2.24) is 4.90 Å². The summed E-state index contributed by atoms with van der Waals surface area (Å²) < 4.78 is 11.4. The van der Waals surface area contributed by atoms with Crippen molar-refractivity contribution in [3.63, 3.8) is 0 Å². The number of ether oxygens (including phenoxy) is 2. The molecule has 0 aromatic heterocycles. The molecule has 32 heavy (non-hydrogen) atoms. The molecular weight excluding hydrogens is 424 g/mol. The first kappa shape index (κ1) is 22.0. The van der Waals surface area contributed by atoms with Crippen LogP contribution in [-0.4, -0.2) is 44.1 Å². The molecule has 0 radical (unpaired) electrons. The first-order valence-electron chi connectivity index (χ1n) is 10.7. The van der Waals surface area contributed by atoms with Crippen LogP contribution < -0.4 is 14.4 Å². The second-order valence-corrected chi connectivity index (χ2v) is 8.32. The fraction of sp³-hybridized carbons (Fsp3) is 0.269. The lowest BCUT2D eigenvalue weighted by atomic mass is 10.1. The van der Waals surface area contributed by atoms with E-state index in [0.29, 0.717) is 31.0 Å². The maximum absolute atomic E-state index is 13.2. The first-order chi connectivity index (χ1) is 15.5. The summed E-state index contributed by atoms with van der Waals surface area (Å²) in [7, 11) is 1.63. The summed E-state index contributed by atoms with van der Waals surface area (Å²) in [6.45, 7) is 5.23. The molecule has 3 aromatic rings. The molecule has 4 rings (SSSR count). The molecule has 5 nitrogen and oxygen atoms in total. The van der Waals surface area contributed by atoms with Crippen LogP contribution in [0.2, 0.25) is 5.02 Å². The molecule has 3 aromatic carbocycles. The second kappa shape index (κ2) is 9.96. The van der Waals surface area contributed by atoms with Gasteiger partial charge in [0, 0.05) is 48.0 Å². The van der Waals surface area contributed by atoms with Crippen molar-refractivity contribution < 1.29 is 14.3 Å². The summed E-state index contributed by atoms with van der Waals surface area (Å²) >= 11 is 6.12. The van der Waals surface area contributed by atoms with Gasteiger partial charge in [0.15, 0.2) is 0 Å². The number of aryl methyl sites for hydroxylation is 1. The molecule has 0 atom stereocenters. The van der Waals surface area contributed by atoms with E-state index in [1.807, 2.05) is 78.6 Å². The molecule has 1 aliphatic heterocycles. The van der Waals surface area contributed by atoms with Gasteiger partial charge in [-0.15, -0.1) is 0 Å². The Morgan fingerprint density at radius 1 is 0.969 bits per heavy atom. The summed E-state index contributed by atoms with van der Waals surface area (Å²) in [4.78, 5) is 17.3. The maximum Gasteiger partial charge on any atom is 0.253 e. The Morgan fingerprint density at radius 2 is 1.72 bits per heavy atom. The Labute approximate surface area is 194 Å². The number of anilines is 1. The highest BCUT2D eigenvalue weighted by molar-refractivity contribution is 6.30. The maximum atomic E-state index is 13.2. The van der Waals surface area contributed by atoms with Crippen molar-refractivity contribution in [2.24, 2.45) is 0 Å². The third kappa shape index (κ3) is 5.17. The highest BCUT2D eigenvalue weighted by Crippen LogP contribution is 2.25. The van der Waals surface area contributed by atoms with E-state index in [2.05, 4.69) is 4.90 Å². The molecular formula is C26H27ClN2O3. The second-order valence-electron chi connectivity index (χ2n) is 7.89. The van der Waals surface area contributed by atoms with E-state index in [0.717, 1.165) is 35.1 Å². The van der Waals surface area contributed by atoms with Crippen LogP contribution in [0.3, 0.4) is 0 Å². The summed E-state index contributed by atoms with van der Waals surface area (Å²) in [6.07, 6.45) is 0. The van der Waals surface area contributed by atoms with E-state index in [-0.39, 0.29) is 5.91 Å².